The molecule has 1 rings (SSSR count). The van der Waals surface area contributed by atoms with Crippen molar-refractivity contribution in [1.82, 2.24) is 4.90 Å². The molecule has 19 heavy (non-hydrogen) atoms. The summed E-state index contributed by atoms with van der Waals surface area (Å²) in [4.78, 5) is 13.2. The summed E-state index contributed by atoms with van der Waals surface area (Å²) < 4.78 is 4.81. The van der Waals surface area contributed by atoms with Gasteiger partial charge in [0.2, 0.25) is 0 Å². The Kier molecular flexibility index (Phi) is 7.15. The van der Waals surface area contributed by atoms with Gasteiger partial charge in [-0.2, -0.15) is 0 Å². The summed E-state index contributed by atoms with van der Waals surface area (Å²) in [5.74, 6) is -0.341. The van der Waals surface area contributed by atoms with Gasteiger partial charge in [-0.3, -0.25) is 4.79 Å². The van der Waals surface area contributed by atoms with Crippen molar-refractivity contribution in [1.29, 1.82) is 0 Å². The summed E-state index contributed by atoms with van der Waals surface area (Å²) in [6.07, 6.45) is 0.326. The fourth-order valence-corrected chi connectivity index (χ4v) is 1.89. The third kappa shape index (κ3) is 6.94. The van der Waals surface area contributed by atoms with E-state index in [-0.39, 0.29) is 12.4 Å². The number of carbonyl (C=O) groups excluding carboxylic acids is 1. The van der Waals surface area contributed by atoms with E-state index in [9.17, 15) is 9.90 Å². The molecular formula is C15H23NO3. The third-order valence-corrected chi connectivity index (χ3v) is 2.86. The van der Waals surface area contributed by atoms with Gasteiger partial charge in [0.1, 0.15) is 0 Å². The Labute approximate surface area is 115 Å². The van der Waals surface area contributed by atoms with Crippen LogP contribution in [0.5, 0.6) is 0 Å². The van der Waals surface area contributed by atoms with Crippen LogP contribution in [0.25, 0.3) is 0 Å². The van der Waals surface area contributed by atoms with Crippen molar-refractivity contribution in [3.8, 4) is 0 Å². The number of aliphatic hydroxyl groups excluding tert-OH is 1. The van der Waals surface area contributed by atoms with Gasteiger partial charge < -0.3 is 14.7 Å². The first-order valence-corrected chi connectivity index (χ1v) is 6.68. The molecule has 0 amide bonds. The molecule has 0 aliphatic heterocycles. The normalized spacial score (nSPS) is 12.4. The summed E-state index contributed by atoms with van der Waals surface area (Å²) >= 11 is 0. The van der Waals surface area contributed by atoms with E-state index >= 15 is 0 Å². The van der Waals surface area contributed by atoms with Crippen molar-refractivity contribution in [3.63, 3.8) is 0 Å². The highest BCUT2D eigenvalue weighted by molar-refractivity contribution is 5.69. The highest BCUT2D eigenvalue weighted by atomic mass is 16.5. The van der Waals surface area contributed by atoms with Gasteiger partial charge in [0, 0.05) is 13.1 Å². The fraction of sp³-hybridized carbons (Fsp3) is 0.533. The minimum Gasteiger partial charge on any atom is -0.466 e. The Morgan fingerprint density at radius 2 is 2.05 bits per heavy atom. The third-order valence-electron chi connectivity index (χ3n) is 2.86. The van der Waals surface area contributed by atoms with Crippen LogP contribution in [0.2, 0.25) is 0 Å². The van der Waals surface area contributed by atoms with Crippen LogP contribution in [0.4, 0.5) is 0 Å². The maximum absolute atomic E-state index is 11.2. The lowest BCUT2D eigenvalue weighted by Gasteiger charge is -2.20. The monoisotopic (exact) mass is 265 g/mol. The van der Waals surface area contributed by atoms with E-state index in [0.717, 1.165) is 13.0 Å². The summed E-state index contributed by atoms with van der Waals surface area (Å²) in [5, 5.41) is 9.77. The Balaban J connectivity index is 2.23. The van der Waals surface area contributed by atoms with E-state index in [1.807, 2.05) is 30.1 Å². The largest absolute Gasteiger partial charge is 0.466 e. The highest BCUT2D eigenvalue weighted by Gasteiger charge is 2.13. The van der Waals surface area contributed by atoms with Gasteiger partial charge >= 0.3 is 5.97 Å². The number of ether oxygens (including phenoxy) is 1. The van der Waals surface area contributed by atoms with E-state index in [1.165, 1.54) is 5.56 Å². The van der Waals surface area contributed by atoms with E-state index < -0.39 is 6.10 Å². The molecule has 1 aromatic rings. The predicted molar refractivity (Wildman–Crippen MR) is 74.9 cm³/mol. The van der Waals surface area contributed by atoms with Gasteiger partial charge in [0.15, 0.2) is 0 Å². The van der Waals surface area contributed by atoms with Gasteiger partial charge in [-0.25, -0.2) is 0 Å². The van der Waals surface area contributed by atoms with Crippen LogP contribution in [-0.2, 0) is 16.0 Å². The smallest absolute Gasteiger partial charge is 0.308 e. The summed E-state index contributed by atoms with van der Waals surface area (Å²) in [6.45, 7) is 3.45. The van der Waals surface area contributed by atoms with Crippen LogP contribution in [0.3, 0.4) is 0 Å². The van der Waals surface area contributed by atoms with E-state index in [1.54, 1.807) is 6.92 Å². The molecule has 0 aromatic heterocycles. The summed E-state index contributed by atoms with van der Waals surface area (Å²) in [6, 6.07) is 10.2. The van der Waals surface area contributed by atoms with Crippen molar-refractivity contribution < 1.29 is 14.6 Å². The molecule has 0 saturated heterocycles. The molecule has 1 N–H and O–H groups in total. The van der Waals surface area contributed by atoms with Gasteiger partial charge in [-0.1, -0.05) is 30.3 Å². The Bertz CT molecular complexity index is 367. The first kappa shape index (κ1) is 15.7. The molecule has 0 radical (unpaired) electrons. The highest BCUT2D eigenvalue weighted by Crippen LogP contribution is 2.02. The Morgan fingerprint density at radius 3 is 2.68 bits per heavy atom. The molecule has 1 atom stereocenters. The van der Waals surface area contributed by atoms with Crippen molar-refractivity contribution in [2.45, 2.75) is 25.9 Å². The Morgan fingerprint density at radius 1 is 1.37 bits per heavy atom. The number of hydrogen-bond donors (Lipinski definition) is 1. The topological polar surface area (TPSA) is 49.8 Å². The van der Waals surface area contributed by atoms with Crippen LogP contribution >= 0.6 is 0 Å². The maximum atomic E-state index is 11.2. The average Bonchev–Trinajstić information content (AvgIpc) is 2.37. The minimum atomic E-state index is -0.667. The standard InChI is InChI=1S/C15H23NO3/c1-3-19-15(18)11-14(17)12-16(2)10-9-13-7-5-4-6-8-13/h4-8,14,17H,3,9-12H2,1-2H3. The second-order valence-corrected chi connectivity index (χ2v) is 4.66. The molecule has 1 unspecified atom stereocenters. The van der Waals surface area contributed by atoms with E-state index in [0.29, 0.717) is 13.2 Å². The second-order valence-electron chi connectivity index (χ2n) is 4.66. The number of nitrogens with zero attached hydrogens (tertiary/aromatic N) is 1. The van der Waals surface area contributed by atoms with Crippen molar-refractivity contribution in [3.05, 3.63) is 35.9 Å². The first-order valence-electron chi connectivity index (χ1n) is 6.68. The van der Waals surface area contributed by atoms with E-state index in [4.69, 9.17) is 4.74 Å². The zero-order valence-corrected chi connectivity index (χ0v) is 11.7. The number of benzene rings is 1. The SMILES string of the molecule is CCOC(=O)CC(O)CN(C)CCc1ccccc1. The number of aliphatic hydroxyl groups is 1. The van der Waals surface area contributed by atoms with Crippen LogP contribution < -0.4 is 0 Å². The van der Waals surface area contributed by atoms with Gasteiger partial charge in [0.05, 0.1) is 19.1 Å². The number of rotatable bonds is 8. The van der Waals surface area contributed by atoms with E-state index in [2.05, 4.69) is 12.1 Å². The number of carbonyl (C=O) groups is 1. The average molecular weight is 265 g/mol. The molecule has 106 valence electrons. The molecule has 0 aliphatic rings. The predicted octanol–water partition coefficient (Wildman–Crippen LogP) is 1.47. The zero-order valence-electron chi connectivity index (χ0n) is 11.7. The molecule has 0 aliphatic carbocycles. The molecule has 4 heteroatoms. The lowest BCUT2D eigenvalue weighted by Crippen LogP contribution is -2.32. The molecule has 0 fully saturated rings. The molecule has 0 saturated carbocycles. The molecule has 4 nitrogen and oxygen atoms in total. The Hall–Kier alpha value is -1.39. The molecule has 0 spiro atoms. The summed E-state index contributed by atoms with van der Waals surface area (Å²) in [7, 11) is 1.94. The van der Waals surface area contributed by atoms with Gasteiger partial charge in [0.25, 0.3) is 0 Å². The van der Waals surface area contributed by atoms with Gasteiger partial charge in [-0.15, -0.1) is 0 Å². The molecular weight excluding hydrogens is 242 g/mol. The van der Waals surface area contributed by atoms with Crippen LogP contribution in [0, 0.1) is 0 Å². The molecule has 0 bridgehead atoms. The van der Waals surface area contributed by atoms with Crippen LogP contribution in [0.1, 0.15) is 18.9 Å². The number of hydrogen-bond acceptors (Lipinski definition) is 4. The number of likely N-dealkylation sites (N-methyl/N-ethyl adjacent to an activating group) is 1. The molecule has 1 aromatic carbocycles. The first-order chi connectivity index (χ1) is 9.11. The zero-order chi connectivity index (χ0) is 14.1. The lowest BCUT2D eigenvalue weighted by molar-refractivity contribution is -0.145. The van der Waals surface area contributed by atoms with Crippen LogP contribution in [-0.4, -0.2) is 48.8 Å². The lowest BCUT2D eigenvalue weighted by atomic mass is 10.1. The van der Waals surface area contributed by atoms with Crippen molar-refractivity contribution >= 4 is 5.97 Å². The van der Waals surface area contributed by atoms with Crippen molar-refractivity contribution in [2.75, 3.05) is 26.7 Å². The number of esters is 1. The quantitative estimate of drug-likeness (QED) is 0.723. The van der Waals surface area contributed by atoms with Gasteiger partial charge in [-0.05, 0) is 26.0 Å². The minimum absolute atomic E-state index is 0.0590. The fourth-order valence-electron chi connectivity index (χ4n) is 1.89. The second kappa shape index (κ2) is 8.67. The van der Waals surface area contributed by atoms with Crippen molar-refractivity contribution in [2.24, 2.45) is 0 Å². The molecule has 0 heterocycles. The summed E-state index contributed by atoms with van der Waals surface area (Å²) in [5.41, 5.74) is 1.27. The maximum Gasteiger partial charge on any atom is 0.308 e. The van der Waals surface area contributed by atoms with Crippen LogP contribution in [0.15, 0.2) is 30.3 Å².